The van der Waals surface area contributed by atoms with Crippen LogP contribution in [0, 0.1) is 0 Å². The number of hydrogen-bond acceptors (Lipinski definition) is 0. The zero-order valence-electron chi connectivity index (χ0n) is 34.1. The first-order chi connectivity index (χ1) is 30.0. The highest BCUT2D eigenvalue weighted by molar-refractivity contribution is 6.27. The Morgan fingerprint density at radius 1 is 0.246 bits per heavy atom. The van der Waals surface area contributed by atoms with Crippen LogP contribution < -0.4 is 0 Å². The molecular weight excluding hydrogens is 733 g/mol. The van der Waals surface area contributed by atoms with E-state index in [-0.39, 0.29) is 5.41 Å². The van der Waals surface area contributed by atoms with E-state index in [2.05, 4.69) is 220 Å². The molecule has 12 aromatic carbocycles. The first-order valence-corrected chi connectivity index (χ1v) is 21.5. The summed E-state index contributed by atoms with van der Waals surface area (Å²) < 4.78 is 0. The van der Waals surface area contributed by atoms with Crippen molar-refractivity contribution in [2.75, 3.05) is 0 Å². The van der Waals surface area contributed by atoms with Crippen molar-refractivity contribution in [3.8, 4) is 44.5 Å². The summed E-state index contributed by atoms with van der Waals surface area (Å²) >= 11 is 0. The Morgan fingerprint density at radius 3 is 1.39 bits per heavy atom. The summed E-state index contributed by atoms with van der Waals surface area (Å²) in [5, 5.41) is 18.1. The largest absolute Gasteiger partial charge is 0.0616 e. The third-order valence-electron chi connectivity index (χ3n) is 14.0. The summed E-state index contributed by atoms with van der Waals surface area (Å²) in [6.45, 7) is 4.79. The summed E-state index contributed by atoms with van der Waals surface area (Å²) in [6.07, 6.45) is 0. The third kappa shape index (κ3) is 4.94. The molecule has 284 valence electrons. The molecule has 1 aliphatic rings. The molecule has 0 amide bonds. The maximum absolute atomic E-state index is 2.51. The molecule has 0 N–H and O–H groups in total. The molecule has 1 aliphatic carbocycles. The van der Waals surface area contributed by atoms with Gasteiger partial charge >= 0.3 is 0 Å². The second-order valence-electron chi connectivity index (χ2n) is 17.6. The van der Waals surface area contributed by atoms with Crippen LogP contribution in [0.2, 0.25) is 0 Å². The van der Waals surface area contributed by atoms with Crippen molar-refractivity contribution in [2.45, 2.75) is 19.3 Å². The average molecular weight is 773 g/mol. The molecule has 0 unspecified atom stereocenters. The number of fused-ring (bicyclic) bond motifs is 14. The normalized spacial score (nSPS) is 13.2. The van der Waals surface area contributed by atoms with E-state index in [1.165, 1.54) is 131 Å². The quantitative estimate of drug-likeness (QED) is 0.124. The molecule has 0 fully saturated rings. The minimum atomic E-state index is -0.0987. The van der Waals surface area contributed by atoms with Crippen molar-refractivity contribution in [3.63, 3.8) is 0 Å². The SMILES string of the molecule is CC1(C)c2cc3c4ccc(-c5ccc(-c6ccc(-c7c8ccccc8cc8ccccc78)c7ccccc67)cc5)cc4c4ccccc4c3cc2-c2c1ccc1ccccc21. The van der Waals surface area contributed by atoms with Gasteiger partial charge in [-0.05, 0) is 155 Å². The molecule has 0 saturated heterocycles. The van der Waals surface area contributed by atoms with Crippen LogP contribution in [-0.4, -0.2) is 0 Å². The van der Waals surface area contributed by atoms with Gasteiger partial charge in [-0.1, -0.05) is 196 Å². The number of rotatable bonds is 3. The predicted octanol–water partition coefficient (Wildman–Crippen LogP) is 17.1. The van der Waals surface area contributed by atoms with Crippen LogP contribution in [0.3, 0.4) is 0 Å². The Labute approximate surface area is 355 Å². The van der Waals surface area contributed by atoms with Crippen molar-refractivity contribution in [2.24, 2.45) is 0 Å². The molecule has 0 spiro atoms. The first-order valence-electron chi connectivity index (χ1n) is 21.5. The molecular formula is C61H40. The van der Waals surface area contributed by atoms with Gasteiger partial charge in [-0.25, -0.2) is 0 Å². The molecule has 0 radical (unpaired) electrons. The molecule has 0 heterocycles. The highest BCUT2D eigenvalue weighted by Gasteiger charge is 2.37. The molecule has 13 rings (SSSR count). The summed E-state index contributed by atoms with van der Waals surface area (Å²) in [4.78, 5) is 0. The van der Waals surface area contributed by atoms with Gasteiger partial charge in [-0.15, -0.1) is 0 Å². The van der Waals surface area contributed by atoms with E-state index >= 15 is 0 Å². The third-order valence-corrected chi connectivity index (χ3v) is 14.0. The van der Waals surface area contributed by atoms with Gasteiger partial charge in [-0.2, -0.15) is 0 Å². The van der Waals surface area contributed by atoms with E-state index in [0.717, 1.165) is 0 Å². The summed E-state index contributed by atoms with van der Waals surface area (Å²) in [5.41, 5.74) is 13.0. The van der Waals surface area contributed by atoms with Crippen LogP contribution in [0.5, 0.6) is 0 Å². The monoisotopic (exact) mass is 772 g/mol. The highest BCUT2D eigenvalue weighted by Crippen LogP contribution is 2.54. The summed E-state index contributed by atoms with van der Waals surface area (Å²) in [7, 11) is 0. The maximum atomic E-state index is 2.51. The fourth-order valence-corrected chi connectivity index (χ4v) is 11.0. The Bertz CT molecular complexity index is 3770. The lowest BCUT2D eigenvalue weighted by atomic mass is 9.81. The van der Waals surface area contributed by atoms with E-state index in [1.54, 1.807) is 0 Å². The zero-order chi connectivity index (χ0) is 40.4. The van der Waals surface area contributed by atoms with Gasteiger partial charge in [0.15, 0.2) is 0 Å². The van der Waals surface area contributed by atoms with Crippen molar-refractivity contribution >= 4 is 75.4 Å². The second-order valence-corrected chi connectivity index (χ2v) is 17.6. The molecule has 0 aliphatic heterocycles. The minimum Gasteiger partial charge on any atom is -0.0616 e. The lowest BCUT2D eigenvalue weighted by Crippen LogP contribution is -2.14. The van der Waals surface area contributed by atoms with Crippen molar-refractivity contribution in [3.05, 3.63) is 217 Å². The predicted molar refractivity (Wildman–Crippen MR) is 263 cm³/mol. The fraction of sp³-hybridized carbons (Fsp3) is 0.0492. The van der Waals surface area contributed by atoms with Crippen LogP contribution in [0.1, 0.15) is 25.0 Å². The Hall–Kier alpha value is -7.54. The van der Waals surface area contributed by atoms with Gasteiger partial charge < -0.3 is 0 Å². The smallest absolute Gasteiger partial charge is 0.0159 e. The van der Waals surface area contributed by atoms with Crippen molar-refractivity contribution < 1.29 is 0 Å². The Balaban J connectivity index is 0.936. The first kappa shape index (κ1) is 34.3. The van der Waals surface area contributed by atoms with E-state index in [4.69, 9.17) is 0 Å². The van der Waals surface area contributed by atoms with E-state index in [0.29, 0.717) is 0 Å². The molecule has 0 bridgehead atoms. The van der Waals surface area contributed by atoms with E-state index < -0.39 is 0 Å². The topological polar surface area (TPSA) is 0 Å². The van der Waals surface area contributed by atoms with E-state index in [9.17, 15) is 0 Å². The van der Waals surface area contributed by atoms with Crippen molar-refractivity contribution in [1.29, 1.82) is 0 Å². The van der Waals surface area contributed by atoms with Gasteiger partial charge in [0.25, 0.3) is 0 Å². The standard InChI is InChI=1S/C61H40/c1-61(2)57-32-28-38-13-3-6-16-44(38)60(57)56-35-54-50-22-12-11-21-49(50)53-34-40(27-29-51(53)55(54)36-58(56)61)37-23-25-39(26-24-37)43-30-31-52(48-20-10-9-19-47(43)48)59-45-17-7-4-14-41(45)33-42-15-5-8-18-46(42)59/h3-36H,1-2H3. The molecule has 12 aromatic rings. The second kappa shape index (κ2) is 12.7. The highest BCUT2D eigenvalue weighted by atomic mass is 14.4. The molecule has 0 atom stereocenters. The van der Waals surface area contributed by atoms with Crippen LogP contribution >= 0.6 is 0 Å². The average Bonchev–Trinajstić information content (AvgIpc) is 3.55. The molecule has 61 heavy (non-hydrogen) atoms. The Morgan fingerprint density at radius 2 is 0.721 bits per heavy atom. The number of benzene rings is 12. The Kier molecular flexibility index (Phi) is 7.17. The summed E-state index contributed by atoms with van der Waals surface area (Å²) in [6, 6.07) is 77.4. The number of hydrogen-bond donors (Lipinski definition) is 0. The lowest BCUT2D eigenvalue weighted by molar-refractivity contribution is 0.662. The van der Waals surface area contributed by atoms with Crippen LogP contribution in [-0.2, 0) is 5.41 Å². The minimum absolute atomic E-state index is 0.0987. The van der Waals surface area contributed by atoms with E-state index in [1.807, 2.05) is 0 Å². The van der Waals surface area contributed by atoms with Gasteiger partial charge in [0.1, 0.15) is 0 Å². The van der Waals surface area contributed by atoms with Crippen LogP contribution in [0.25, 0.3) is 120 Å². The zero-order valence-corrected chi connectivity index (χ0v) is 34.1. The van der Waals surface area contributed by atoms with Crippen LogP contribution in [0.4, 0.5) is 0 Å². The molecule has 0 aromatic heterocycles. The maximum Gasteiger partial charge on any atom is 0.0159 e. The van der Waals surface area contributed by atoms with Gasteiger partial charge in [0, 0.05) is 5.41 Å². The summed E-state index contributed by atoms with van der Waals surface area (Å²) in [5.74, 6) is 0. The van der Waals surface area contributed by atoms with Crippen LogP contribution in [0.15, 0.2) is 206 Å². The van der Waals surface area contributed by atoms with Crippen molar-refractivity contribution in [1.82, 2.24) is 0 Å². The molecule has 0 saturated carbocycles. The molecule has 0 nitrogen and oxygen atoms in total. The van der Waals surface area contributed by atoms with Gasteiger partial charge in [0.2, 0.25) is 0 Å². The van der Waals surface area contributed by atoms with Gasteiger partial charge in [-0.3, -0.25) is 0 Å². The molecule has 0 heteroatoms. The lowest BCUT2D eigenvalue weighted by Gasteiger charge is -2.22. The fourth-order valence-electron chi connectivity index (χ4n) is 11.0. The van der Waals surface area contributed by atoms with Gasteiger partial charge in [0.05, 0.1) is 0 Å².